The van der Waals surface area contributed by atoms with E-state index < -0.39 is 0 Å². The Labute approximate surface area is 123 Å². The standard InChI is InChI=1S/C14H21N3O4/c1-20-11-3-4-13(14(8-11)17(18)19)16-6-5-12(21-2)7-10(16)9-15/h3-4,8,10,12H,5-7,9,15H2,1-2H3. The molecule has 0 aliphatic carbocycles. The Morgan fingerprint density at radius 1 is 1.48 bits per heavy atom. The average Bonchev–Trinajstić information content (AvgIpc) is 2.53. The second-order valence-electron chi connectivity index (χ2n) is 5.08. The molecule has 1 aromatic rings. The second-order valence-corrected chi connectivity index (χ2v) is 5.08. The van der Waals surface area contributed by atoms with Crippen molar-refractivity contribution in [2.45, 2.75) is 25.0 Å². The predicted octanol–water partition coefficient (Wildman–Crippen LogP) is 1.55. The van der Waals surface area contributed by atoms with Crippen LogP contribution < -0.4 is 15.4 Å². The average molecular weight is 295 g/mol. The van der Waals surface area contributed by atoms with Crippen molar-refractivity contribution in [3.8, 4) is 5.75 Å². The van der Waals surface area contributed by atoms with Gasteiger partial charge in [-0.3, -0.25) is 10.1 Å². The van der Waals surface area contributed by atoms with Crippen LogP contribution in [0.3, 0.4) is 0 Å². The summed E-state index contributed by atoms with van der Waals surface area (Å²) in [4.78, 5) is 12.9. The van der Waals surface area contributed by atoms with E-state index in [1.165, 1.54) is 13.2 Å². The molecule has 2 rings (SSSR count). The number of anilines is 1. The van der Waals surface area contributed by atoms with Crippen molar-refractivity contribution >= 4 is 11.4 Å². The van der Waals surface area contributed by atoms with Crippen molar-refractivity contribution in [3.05, 3.63) is 28.3 Å². The van der Waals surface area contributed by atoms with Gasteiger partial charge in [0.15, 0.2) is 0 Å². The first-order valence-corrected chi connectivity index (χ1v) is 6.92. The lowest BCUT2D eigenvalue weighted by atomic mass is 9.98. The molecule has 0 aromatic heterocycles. The predicted molar refractivity (Wildman–Crippen MR) is 79.9 cm³/mol. The maximum atomic E-state index is 11.3. The van der Waals surface area contributed by atoms with Crippen LogP contribution in [0.4, 0.5) is 11.4 Å². The summed E-state index contributed by atoms with van der Waals surface area (Å²) >= 11 is 0. The molecule has 21 heavy (non-hydrogen) atoms. The molecule has 0 amide bonds. The molecule has 1 heterocycles. The molecule has 0 saturated carbocycles. The molecule has 7 nitrogen and oxygen atoms in total. The molecule has 1 fully saturated rings. The van der Waals surface area contributed by atoms with Crippen LogP contribution in [0.1, 0.15) is 12.8 Å². The maximum absolute atomic E-state index is 11.3. The SMILES string of the molecule is COc1ccc(N2CCC(OC)CC2CN)c([N+](=O)[O-])c1. The minimum atomic E-state index is -0.381. The second kappa shape index (κ2) is 6.73. The van der Waals surface area contributed by atoms with Crippen molar-refractivity contribution < 1.29 is 14.4 Å². The Kier molecular flexibility index (Phi) is 4.98. The van der Waals surface area contributed by atoms with Crippen LogP contribution in [0.25, 0.3) is 0 Å². The van der Waals surface area contributed by atoms with Gasteiger partial charge in [-0.1, -0.05) is 0 Å². The van der Waals surface area contributed by atoms with Gasteiger partial charge in [-0.15, -0.1) is 0 Å². The lowest BCUT2D eigenvalue weighted by Gasteiger charge is -2.39. The van der Waals surface area contributed by atoms with E-state index in [9.17, 15) is 10.1 Å². The van der Waals surface area contributed by atoms with E-state index in [1.54, 1.807) is 19.2 Å². The number of ether oxygens (including phenoxy) is 2. The van der Waals surface area contributed by atoms with Gasteiger partial charge >= 0.3 is 0 Å². The van der Waals surface area contributed by atoms with E-state index >= 15 is 0 Å². The quantitative estimate of drug-likeness (QED) is 0.654. The summed E-state index contributed by atoms with van der Waals surface area (Å²) in [5, 5.41) is 11.3. The number of nitro benzene ring substituents is 1. The molecule has 2 unspecified atom stereocenters. The van der Waals surface area contributed by atoms with Gasteiger partial charge in [0.1, 0.15) is 11.4 Å². The number of hydrogen-bond donors (Lipinski definition) is 1. The minimum absolute atomic E-state index is 0.0378. The Morgan fingerprint density at radius 3 is 2.81 bits per heavy atom. The van der Waals surface area contributed by atoms with Gasteiger partial charge in [0, 0.05) is 26.2 Å². The summed E-state index contributed by atoms with van der Waals surface area (Å²) in [5.74, 6) is 0.474. The molecule has 7 heteroatoms. The Bertz CT molecular complexity index is 509. The number of piperidine rings is 1. The number of methoxy groups -OCH3 is 2. The zero-order valence-electron chi connectivity index (χ0n) is 12.3. The summed E-state index contributed by atoms with van der Waals surface area (Å²) in [5.41, 5.74) is 6.47. The summed E-state index contributed by atoms with van der Waals surface area (Å²) < 4.78 is 10.5. The Balaban J connectivity index is 2.33. The van der Waals surface area contributed by atoms with Crippen molar-refractivity contribution in [1.29, 1.82) is 0 Å². The monoisotopic (exact) mass is 295 g/mol. The van der Waals surface area contributed by atoms with E-state index in [1.807, 2.05) is 4.90 Å². The Morgan fingerprint density at radius 2 is 2.24 bits per heavy atom. The number of rotatable bonds is 5. The van der Waals surface area contributed by atoms with Crippen LogP contribution in [0.5, 0.6) is 5.75 Å². The molecule has 1 aromatic carbocycles. The number of nitrogens with two attached hydrogens (primary N) is 1. The highest BCUT2D eigenvalue weighted by Gasteiger charge is 2.31. The Hall–Kier alpha value is -1.86. The lowest BCUT2D eigenvalue weighted by Crippen LogP contribution is -2.48. The summed E-state index contributed by atoms with van der Waals surface area (Å²) in [6.45, 7) is 1.12. The zero-order chi connectivity index (χ0) is 15.4. The van der Waals surface area contributed by atoms with Crippen LogP contribution >= 0.6 is 0 Å². The van der Waals surface area contributed by atoms with Crippen LogP contribution in [0, 0.1) is 10.1 Å². The first kappa shape index (κ1) is 15.5. The number of nitrogens with zero attached hydrogens (tertiary/aromatic N) is 2. The van der Waals surface area contributed by atoms with E-state index in [0.717, 1.165) is 12.8 Å². The fraction of sp³-hybridized carbons (Fsp3) is 0.571. The van der Waals surface area contributed by atoms with E-state index in [2.05, 4.69) is 0 Å². The molecule has 1 saturated heterocycles. The highest BCUT2D eigenvalue weighted by molar-refractivity contribution is 5.66. The summed E-state index contributed by atoms with van der Waals surface area (Å²) in [6, 6.07) is 4.95. The van der Waals surface area contributed by atoms with E-state index in [4.69, 9.17) is 15.2 Å². The fourth-order valence-electron chi connectivity index (χ4n) is 2.79. The van der Waals surface area contributed by atoms with Crippen molar-refractivity contribution in [1.82, 2.24) is 0 Å². The van der Waals surface area contributed by atoms with E-state index in [0.29, 0.717) is 24.5 Å². The molecular formula is C14H21N3O4. The third-order valence-corrected chi connectivity index (χ3v) is 3.96. The van der Waals surface area contributed by atoms with Crippen LogP contribution in [0.2, 0.25) is 0 Å². The highest BCUT2D eigenvalue weighted by Crippen LogP contribution is 2.35. The van der Waals surface area contributed by atoms with Crippen LogP contribution in [0.15, 0.2) is 18.2 Å². The van der Waals surface area contributed by atoms with Gasteiger partial charge in [0.05, 0.1) is 24.2 Å². The van der Waals surface area contributed by atoms with Gasteiger partial charge in [-0.05, 0) is 25.0 Å². The van der Waals surface area contributed by atoms with Crippen molar-refractivity contribution in [3.63, 3.8) is 0 Å². The number of benzene rings is 1. The summed E-state index contributed by atoms with van der Waals surface area (Å²) in [7, 11) is 3.18. The highest BCUT2D eigenvalue weighted by atomic mass is 16.6. The molecule has 1 aliphatic heterocycles. The van der Waals surface area contributed by atoms with Gasteiger partial charge in [-0.2, -0.15) is 0 Å². The maximum Gasteiger partial charge on any atom is 0.296 e. The third kappa shape index (κ3) is 3.25. The van der Waals surface area contributed by atoms with Crippen molar-refractivity contribution in [2.75, 3.05) is 32.2 Å². The number of nitro groups is 1. The fourth-order valence-corrected chi connectivity index (χ4v) is 2.79. The molecule has 0 radical (unpaired) electrons. The molecule has 0 spiro atoms. The third-order valence-electron chi connectivity index (χ3n) is 3.96. The molecule has 116 valence electrons. The topological polar surface area (TPSA) is 90.9 Å². The number of hydrogen-bond acceptors (Lipinski definition) is 6. The molecule has 1 aliphatic rings. The smallest absolute Gasteiger partial charge is 0.296 e. The normalized spacial score (nSPS) is 22.1. The molecule has 2 atom stereocenters. The summed E-state index contributed by atoms with van der Waals surface area (Å²) in [6.07, 6.45) is 1.76. The van der Waals surface area contributed by atoms with Gasteiger partial charge in [-0.25, -0.2) is 0 Å². The van der Waals surface area contributed by atoms with E-state index in [-0.39, 0.29) is 22.8 Å². The van der Waals surface area contributed by atoms with Crippen molar-refractivity contribution in [2.24, 2.45) is 5.73 Å². The largest absolute Gasteiger partial charge is 0.496 e. The zero-order valence-corrected chi connectivity index (χ0v) is 12.3. The van der Waals surface area contributed by atoms with Crippen LogP contribution in [-0.4, -0.2) is 44.4 Å². The lowest BCUT2D eigenvalue weighted by molar-refractivity contribution is -0.384. The first-order valence-electron chi connectivity index (χ1n) is 6.92. The minimum Gasteiger partial charge on any atom is -0.496 e. The first-order chi connectivity index (χ1) is 10.1. The van der Waals surface area contributed by atoms with Gasteiger partial charge in [0.25, 0.3) is 5.69 Å². The van der Waals surface area contributed by atoms with Crippen LogP contribution in [-0.2, 0) is 4.74 Å². The molecule has 0 bridgehead atoms. The van der Waals surface area contributed by atoms with Gasteiger partial charge in [0.2, 0.25) is 0 Å². The van der Waals surface area contributed by atoms with Gasteiger partial charge < -0.3 is 20.1 Å². The molecular weight excluding hydrogens is 274 g/mol. The molecule has 2 N–H and O–H groups in total.